The summed E-state index contributed by atoms with van der Waals surface area (Å²) >= 11 is 5.97. The lowest BCUT2D eigenvalue weighted by Crippen LogP contribution is -1.96. The van der Waals surface area contributed by atoms with Gasteiger partial charge in [-0.15, -0.1) is 0 Å². The second-order valence-corrected chi connectivity index (χ2v) is 4.18. The van der Waals surface area contributed by atoms with Crippen LogP contribution >= 0.6 is 11.6 Å². The van der Waals surface area contributed by atoms with Gasteiger partial charge in [0.1, 0.15) is 0 Å². The van der Waals surface area contributed by atoms with Crippen LogP contribution in [-0.4, -0.2) is 15.0 Å². The number of hydrogen-bond acceptors (Lipinski definition) is 3. The first-order valence-electron chi connectivity index (χ1n) is 5.68. The molecule has 19 heavy (non-hydrogen) atoms. The molecule has 1 aromatic heterocycles. The molecule has 0 fully saturated rings. The lowest BCUT2D eigenvalue weighted by Gasteiger charge is -2.03. The molecule has 0 bridgehead atoms. The average molecular weight is 266 g/mol. The molecular formula is C15H8ClN3. The molecule has 3 aromatic rings. The van der Waals surface area contributed by atoms with Gasteiger partial charge in [0.15, 0.2) is 11.6 Å². The standard InChI is InChI=1S/C15H8ClN3/c16-15-18-13(11-7-3-1-4-8-11)17-14(19-15)12-9-5-2-6-10-12/h1,3-5,7-10H. The number of rotatable bonds is 2. The van der Waals surface area contributed by atoms with Crippen molar-refractivity contribution in [3.05, 3.63) is 65.9 Å². The quantitative estimate of drug-likeness (QED) is 0.712. The van der Waals surface area contributed by atoms with E-state index in [-0.39, 0.29) is 5.28 Å². The van der Waals surface area contributed by atoms with Crippen LogP contribution in [0.15, 0.2) is 48.5 Å². The monoisotopic (exact) mass is 265 g/mol. The molecule has 0 radical (unpaired) electrons. The Labute approximate surface area is 116 Å². The molecule has 2 aromatic carbocycles. The summed E-state index contributed by atoms with van der Waals surface area (Å²) in [6, 6.07) is 20.7. The molecule has 0 aliphatic carbocycles. The smallest absolute Gasteiger partial charge is 0.208 e. The van der Waals surface area contributed by atoms with Gasteiger partial charge in [0, 0.05) is 11.1 Å². The zero-order chi connectivity index (χ0) is 13.1. The highest BCUT2D eigenvalue weighted by atomic mass is 35.5. The second-order valence-electron chi connectivity index (χ2n) is 3.84. The molecule has 0 aliphatic heterocycles. The van der Waals surface area contributed by atoms with Crippen LogP contribution in [0.1, 0.15) is 0 Å². The zero-order valence-electron chi connectivity index (χ0n) is 9.84. The van der Waals surface area contributed by atoms with Gasteiger partial charge in [-0.3, -0.25) is 0 Å². The lowest BCUT2D eigenvalue weighted by atomic mass is 10.2. The molecule has 3 rings (SSSR count). The van der Waals surface area contributed by atoms with Crippen molar-refractivity contribution in [1.29, 1.82) is 0 Å². The maximum absolute atomic E-state index is 5.97. The van der Waals surface area contributed by atoms with E-state index in [1.165, 1.54) is 0 Å². The highest BCUT2D eigenvalue weighted by molar-refractivity contribution is 6.28. The number of halogens is 1. The summed E-state index contributed by atoms with van der Waals surface area (Å²) in [5, 5.41) is 0.177. The Balaban J connectivity index is 2.12. The van der Waals surface area contributed by atoms with Gasteiger partial charge in [-0.25, -0.2) is 4.98 Å². The molecule has 0 saturated heterocycles. The first-order valence-corrected chi connectivity index (χ1v) is 6.06. The maximum atomic E-state index is 5.97. The van der Waals surface area contributed by atoms with Crippen LogP contribution in [0.3, 0.4) is 0 Å². The average Bonchev–Trinajstić information content (AvgIpc) is 2.48. The van der Waals surface area contributed by atoms with Crippen LogP contribution in [0.2, 0.25) is 5.28 Å². The molecule has 3 nitrogen and oxygen atoms in total. The van der Waals surface area contributed by atoms with Gasteiger partial charge in [-0.05, 0) is 29.8 Å². The Kier molecular flexibility index (Phi) is 3.09. The largest absolute Gasteiger partial charge is 0.226 e. The highest BCUT2D eigenvalue weighted by Gasteiger charge is 2.08. The third-order valence-electron chi connectivity index (χ3n) is 2.56. The molecule has 1 heterocycles. The van der Waals surface area contributed by atoms with Gasteiger partial charge in [-0.2, -0.15) is 9.97 Å². The molecule has 4 heteroatoms. The zero-order valence-corrected chi connectivity index (χ0v) is 10.6. The summed E-state index contributed by atoms with van der Waals surface area (Å²) in [7, 11) is 0. The topological polar surface area (TPSA) is 38.7 Å². The van der Waals surface area contributed by atoms with Gasteiger partial charge in [0.25, 0.3) is 0 Å². The fourth-order valence-electron chi connectivity index (χ4n) is 1.68. The Morgan fingerprint density at radius 3 is 2.21 bits per heavy atom. The van der Waals surface area contributed by atoms with E-state index in [2.05, 4.69) is 27.1 Å². The van der Waals surface area contributed by atoms with E-state index < -0.39 is 0 Å². The highest BCUT2D eigenvalue weighted by Crippen LogP contribution is 2.20. The molecule has 0 atom stereocenters. The van der Waals surface area contributed by atoms with E-state index in [1.807, 2.05) is 36.4 Å². The Bertz CT molecular complexity index is 627. The van der Waals surface area contributed by atoms with Crippen LogP contribution in [-0.2, 0) is 0 Å². The lowest BCUT2D eigenvalue weighted by molar-refractivity contribution is 1.07. The maximum Gasteiger partial charge on any atom is 0.226 e. The van der Waals surface area contributed by atoms with Gasteiger partial charge >= 0.3 is 0 Å². The number of aromatic nitrogens is 3. The molecule has 0 unspecified atom stereocenters. The fourth-order valence-corrected chi connectivity index (χ4v) is 1.84. The van der Waals surface area contributed by atoms with E-state index in [9.17, 15) is 0 Å². The van der Waals surface area contributed by atoms with E-state index in [1.54, 1.807) is 12.1 Å². The Morgan fingerprint density at radius 1 is 0.789 bits per heavy atom. The van der Waals surface area contributed by atoms with Gasteiger partial charge in [0.05, 0.1) is 0 Å². The van der Waals surface area contributed by atoms with Crippen molar-refractivity contribution < 1.29 is 0 Å². The van der Waals surface area contributed by atoms with Crippen LogP contribution in [0.4, 0.5) is 0 Å². The third kappa shape index (κ3) is 2.54. The van der Waals surface area contributed by atoms with Crippen molar-refractivity contribution >= 4 is 11.6 Å². The van der Waals surface area contributed by atoms with Gasteiger partial charge in [-0.1, -0.05) is 42.5 Å². The minimum absolute atomic E-state index is 0.177. The number of benzene rings is 1. The SMILES string of the molecule is Clc1nc(-c2cc#ccc2)nc(-c2ccccc2)n1. The summed E-state index contributed by atoms with van der Waals surface area (Å²) in [6.07, 6.45) is 0. The molecule has 0 saturated carbocycles. The second kappa shape index (κ2) is 5.05. The predicted octanol–water partition coefficient (Wildman–Crippen LogP) is 3.46. The number of nitrogens with zero attached hydrogens (tertiary/aromatic N) is 3. The summed E-state index contributed by atoms with van der Waals surface area (Å²) in [4.78, 5) is 12.7. The fraction of sp³-hybridized carbons (Fsp3) is 0. The minimum atomic E-state index is 0.177. The predicted molar refractivity (Wildman–Crippen MR) is 73.4 cm³/mol. The van der Waals surface area contributed by atoms with Crippen LogP contribution in [0.25, 0.3) is 22.8 Å². The van der Waals surface area contributed by atoms with Crippen molar-refractivity contribution in [3.8, 4) is 22.8 Å². The van der Waals surface area contributed by atoms with Gasteiger partial charge in [0.2, 0.25) is 5.28 Å². The Hall–Kier alpha value is -2.44. The summed E-state index contributed by atoms with van der Waals surface area (Å²) < 4.78 is 0. The summed E-state index contributed by atoms with van der Waals surface area (Å²) in [6.45, 7) is 0. The minimum Gasteiger partial charge on any atom is -0.208 e. The summed E-state index contributed by atoms with van der Waals surface area (Å²) in [5.74, 6) is 1.09. The number of hydrogen-bond donors (Lipinski definition) is 0. The van der Waals surface area contributed by atoms with E-state index >= 15 is 0 Å². The van der Waals surface area contributed by atoms with Crippen molar-refractivity contribution in [3.63, 3.8) is 0 Å². The first kappa shape index (κ1) is 11.6. The van der Waals surface area contributed by atoms with Crippen LogP contribution in [0, 0.1) is 12.1 Å². The van der Waals surface area contributed by atoms with Crippen molar-refractivity contribution in [2.45, 2.75) is 0 Å². The first-order chi connectivity index (χ1) is 9.33. The van der Waals surface area contributed by atoms with Crippen LogP contribution in [0.5, 0.6) is 0 Å². The molecule has 0 spiro atoms. The molecule has 90 valence electrons. The third-order valence-corrected chi connectivity index (χ3v) is 2.72. The van der Waals surface area contributed by atoms with Crippen molar-refractivity contribution in [1.82, 2.24) is 15.0 Å². The molecule has 0 N–H and O–H groups in total. The molecular weight excluding hydrogens is 258 g/mol. The summed E-state index contributed by atoms with van der Waals surface area (Å²) in [5.41, 5.74) is 1.74. The normalized spacial score (nSPS) is 9.95. The van der Waals surface area contributed by atoms with E-state index in [4.69, 9.17) is 11.6 Å². The van der Waals surface area contributed by atoms with Crippen molar-refractivity contribution in [2.75, 3.05) is 0 Å². The Morgan fingerprint density at radius 2 is 1.53 bits per heavy atom. The molecule has 0 aliphatic rings. The van der Waals surface area contributed by atoms with Crippen LogP contribution < -0.4 is 0 Å². The van der Waals surface area contributed by atoms with Gasteiger partial charge < -0.3 is 0 Å². The molecule has 0 amide bonds. The van der Waals surface area contributed by atoms with Crippen molar-refractivity contribution in [2.24, 2.45) is 0 Å². The van der Waals surface area contributed by atoms with E-state index in [0.717, 1.165) is 11.1 Å². The van der Waals surface area contributed by atoms with E-state index in [0.29, 0.717) is 11.6 Å².